The second-order valence-electron chi connectivity index (χ2n) is 4.03. The number of aromatic hydroxyl groups is 1. The lowest BCUT2D eigenvalue weighted by Gasteiger charge is -2.01. The minimum absolute atomic E-state index is 0.113. The monoisotopic (exact) mass is 384 g/mol. The third-order valence-electron chi connectivity index (χ3n) is 2.74. The van der Waals surface area contributed by atoms with Gasteiger partial charge in [-0.05, 0) is 40.2 Å². The summed E-state index contributed by atoms with van der Waals surface area (Å²) in [6.45, 7) is 0. The molecule has 0 aliphatic rings. The molecule has 3 nitrogen and oxygen atoms in total. The Morgan fingerprint density at radius 1 is 1.16 bits per heavy atom. The molecule has 96 valence electrons. The predicted octanol–water partition coefficient (Wildman–Crippen LogP) is 4.60. The summed E-state index contributed by atoms with van der Waals surface area (Å²) in [5, 5.41) is 9.86. The van der Waals surface area contributed by atoms with Crippen LogP contribution in [0.4, 0.5) is 4.39 Å². The van der Waals surface area contributed by atoms with Crippen LogP contribution in [0.1, 0.15) is 0 Å². The number of aromatic amines is 1. The van der Waals surface area contributed by atoms with Gasteiger partial charge in [0, 0.05) is 10.5 Å². The van der Waals surface area contributed by atoms with E-state index in [9.17, 15) is 9.50 Å². The zero-order chi connectivity index (χ0) is 13.6. The lowest BCUT2D eigenvalue weighted by Crippen LogP contribution is -1.81. The van der Waals surface area contributed by atoms with Crippen molar-refractivity contribution >= 4 is 42.9 Å². The van der Waals surface area contributed by atoms with E-state index in [1.807, 2.05) is 0 Å². The molecule has 0 atom stereocenters. The highest BCUT2D eigenvalue weighted by Crippen LogP contribution is 2.32. The van der Waals surface area contributed by atoms with Crippen LogP contribution in [-0.4, -0.2) is 15.1 Å². The summed E-state index contributed by atoms with van der Waals surface area (Å²) in [6, 6.07) is 8.02. The molecular weight excluding hydrogens is 379 g/mol. The van der Waals surface area contributed by atoms with Gasteiger partial charge in [0.15, 0.2) is 0 Å². The zero-order valence-electron chi connectivity index (χ0n) is 9.42. The molecular formula is C13H7Br2FN2O. The van der Waals surface area contributed by atoms with E-state index in [1.165, 1.54) is 6.07 Å². The van der Waals surface area contributed by atoms with Crippen LogP contribution in [0.15, 0.2) is 39.3 Å². The van der Waals surface area contributed by atoms with Crippen LogP contribution in [0.2, 0.25) is 0 Å². The van der Waals surface area contributed by atoms with E-state index in [0.717, 1.165) is 4.47 Å². The first-order chi connectivity index (χ1) is 9.04. The number of hydrogen-bond acceptors (Lipinski definition) is 2. The number of phenols is 1. The Hall–Kier alpha value is -1.40. The van der Waals surface area contributed by atoms with Crippen molar-refractivity contribution < 1.29 is 9.50 Å². The lowest BCUT2D eigenvalue weighted by atomic mass is 10.2. The number of hydrogen-bond donors (Lipinski definition) is 2. The second-order valence-corrected chi connectivity index (χ2v) is 5.80. The molecule has 0 saturated carbocycles. The van der Waals surface area contributed by atoms with Crippen LogP contribution in [-0.2, 0) is 0 Å². The molecule has 0 bridgehead atoms. The number of nitrogens with zero attached hydrogens (tertiary/aromatic N) is 1. The molecule has 0 aliphatic carbocycles. The molecule has 6 heteroatoms. The summed E-state index contributed by atoms with van der Waals surface area (Å²) >= 11 is 6.46. The Morgan fingerprint density at radius 2 is 1.95 bits per heavy atom. The summed E-state index contributed by atoms with van der Waals surface area (Å²) < 4.78 is 14.6. The maximum Gasteiger partial charge on any atom is 0.142 e. The van der Waals surface area contributed by atoms with Crippen LogP contribution >= 0.6 is 31.9 Å². The normalized spacial score (nSPS) is 11.1. The van der Waals surface area contributed by atoms with E-state index in [-0.39, 0.29) is 11.6 Å². The standard InChI is InChI=1S/C13H7Br2FN2O/c14-6-1-2-12(19)7(3-6)13-17-10-4-8(15)9(16)5-11(10)18-13/h1-5,19H,(H,17,18). The lowest BCUT2D eigenvalue weighted by molar-refractivity contribution is 0.477. The smallest absolute Gasteiger partial charge is 0.142 e. The molecule has 19 heavy (non-hydrogen) atoms. The van der Waals surface area contributed by atoms with E-state index < -0.39 is 0 Å². The van der Waals surface area contributed by atoms with Gasteiger partial charge in [-0.25, -0.2) is 9.37 Å². The Kier molecular flexibility index (Phi) is 3.06. The number of rotatable bonds is 1. The molecule has 0 unspecified atom stereocenters. The molecule has 1 aromatic heterocycles. The van der Waals surface area contributed by atoms with Gasteiger partial charge in [-0.2, -0.15) is 0 Å². The number of phenolic OH excluding ortho intramolecular Hbond substituents is 1. The molecule has 0 radical (unpaired) electrons. The molecule has 0 amide bonds. The van der Waals surface area contributed by atoms with Crippen LogP contribution in [0.5, 0.6) is 5.75 Å². The minimum atomic E-state index is -0.360. The molecule has 0 aliphatic heterocycles. The van der Waals surface area contributed by atoms with Crippen molar-refractivity contribution in [1.82, 2.24) is 9.97 Å². The maximum absolute atomic E-state index is 13.5. The molecule has 0 saturated heterocycles. The highest BCUT2D eigenvalue weighted by molar-refractivity contribution is 9.10. The Morgan fingerprint density at radius 3 is 2.74 bits per heavy atom. The summed E-state index contributed by atoms with van der Waals surface area (Å²) in [5.74, 6) is 0.245. The number of fused-ring (bicyclic) bond motifs is 1. The Bertz CT molecular complexity index is 747. The Labute approximate surface area is 124 Å². The van der Waals surface area contributed by atoms with Gasteiger partial charge < -0.3 is 10.1 Å². The van der Waals surface area contributed by atoms with Crippen LogP contribution in [0, 0.1) is 5.82 Å². The highest BCUT2D eigenvalue weighted by Gasteiger charge is 2.12. The van der Waals surface area contributed by atoms with Gasteiger partial charge in [0.1, 0.15) is 17.4 Å². The molecule has 2 aromatic carbocycles. The van der Waals surface area contributed by atoms with Crippen molar-refractivity contribution in [1.29, 1.82) is 0 Å². The van der Waals surface area contributed by atoms with Crippen LogP contribution in [0.3, 0.4) is 0 Å². The minimum Gasteiger partial charge on any atom is -0.507 e. The van der Waals surface area contributed by atoms with E-state index in [1.54, 1.807) is 24.3 Å². The third-order valence-corrected chi connectivity index (χ3v) is 3.84. The Balaban J connectivity index is 2.23. The van der Waals surface area contributed by atoms with E-state index >= 15 is 0 Å². The fourth-order valence-corrected chi connectivity index (χ4v) is 2.52. The van der Waals surface area contributed by atoms with Crippen molar-refractivity contribution in [3.63, 3.8) is 0 Å². The summed E-state index contributed by atoms with van der Waals surface area (Å²) in [5.41, 5.74) is 1.76. The maximum atomic E-state index is 13.5. The van der Waals surface area contributed by atoms with Gasteiger partial charge in [0.05, 0.1) is 21.1 Å². The van der Waals surface area contributed by atoms with Crippen LogP contribution < -0.4 is 0 Å². The molecule has 1 heterocycles. The fraction of sp³-hybridized carbons (Fsp3) is 0. The largest absolute Gasteiger partial charge is 0.507 e. The number of aromatic nitrogens is 2. The summed E-state index contributed by atoms with van der Waals surface area (Å²) in [4.78, 5) is 7.35. The van der Waals surface area contributed by atoms with Gasteiger partial charge in [-0.3, -0.25) is 0 Å². The van der Waals surface area contributed by atoms with E-state index in [0.29, 0.717) is 26.9 Å². The average molecular weight is 386 g/mol. The summed E-state index contributed by atoms with van der Waals surface area (Å²) in [7, 11) is 0. The van der Waals surface area contributed by atoms with Crippen molar-refractivity contribution in [2.24, 2.45) is 0 Å². The quantitative estimate of drug-likeness (QED) is 0.643. The zero-order valence-corrected chi connectivity index (χ0v) is 12.6. The second kappa shape index (κ2) is 4.61. The SMILES string of the molecule is Oc1ccc(Br)cc1-c1nc2cc(Br)c(F)cc2[nH]1. The van der Waals surface area contributed by atoms with Crippen molar-refractivity contribution in [2.75, 3.05) is 0 Å². The van der Waals surface area contributed by atoms with Crippen molar-refractivity contribution in [2.45, 2.75) is 0 Å². The predicted molar refractivity (Wildman–Crippen MR) is 78.6 cm³/mol. The third kappa shape index (κ3) is 2.26. The first kappa shape index (κ1) is 12.6. The average Bonchev–Trinajstić information content (AvgIpc) is 2.75. The van der Waals surface area contributed by atoms with Crippen LogP contribution in [0.25, 0.3) is 22.4 Å². The first-order valence-corrected chi connectivity index (χ1v) is 6.97. The highest BCUT2D eigenvalue weighted by atomic mass is 79.9. The molecule has 0 fully saturated rings. The fourth-order valence-electron chi connectivity index (χ4n) is 1.83. The van der Waals surface area contributed by atoms with Crippen molar-refractivity contribution in [3.8, 4) is 17.1 Å². The van der Waals surface area contributed by atoms with E-state index in [4.69, 9.17) is 0 Å². The molecule has 3 rings (SSSR count). The van der Waals surface area contributed by atoms with E-state index in [2.05, 4.69) is 41.8 Å². The molecule has 0 spiro atoms. The first-order valence-electron chi connectivity index (χ1n) is 5.38. The van der Waals surface area contributed by atoms with Gasteiger partial charge in [0.25, 0.3) is 0 Å². The molecule has 2 N–H and O–H groups in total. The topological polar surface area (TPSA) is 48.9 Å². The number of imidazole rings is 1. The number of H-pyrrole nitrogens is 1. The van der Waals surface area contributed by atoms with Gasteiger partial charge in [-0.1, -0.05) is 15.9 Å². The van der Waals surface area contributed by atoms with Crippen molar-refractivity contribution in [3.05, 3.63) is 45.1 Å². The molecule has 3 aromatic rings. The number of benzene rings is 2. The van der Waals surface area contributed by atoms with Gasteiger partial charge in [0.2, 0.25) is 0 Å². The van der Waals surface area contributed by atoms with Gasteiger partial charge >= 0.3 is 0 Å². The number of nitrogens with one attached hydrogen (secondary N) is 1. The summed E-state index contributed by atoms with van der Waals surface area (Å²) in [6.07, 6.45) is 0. The number of halogens is 3. The van der Waals surface area contributed by atoms with Gasteiger partial charge in [-0.15, -0.1) is 0 Å².